The predicted molar refractivity (Wildman–Crippen MR) is 104 cm³/mol. The lowest BCUT2D eigenvalue weighted by Gasteiger charge is -2.29. The predicted octanol–water partition coefficient (Wildman–Crippen LogP) is 4.76. The summed E-state index contributed by atoms with van der Waals surface area (Å²) in [5, 5.41) is 19.3. The zero-order valence-electron chi connectivity index (χ0n) is 16.5. The van der Waals surface area contributed by atoms with Crippen LogP contribution in [0, 0.1) is 10.8 Å². The van der Waals surface area contributed by atoms with E-state index in [1.54, 1.807) is 4.80 Å². The van der Waals surface area contributed by atoms with E-state index in [-0.39, 0.29) is 10.8 Å². The van der Waals surface area contributed by atoms with Gasteiger partial charge in [-0.2, -0.15) is 15.0 Å². The van der Waals surface area contributed by atoms with Gasteiger partial charge < -0.3 is 5.11 Å². The third kappa shape index (κ3) is 5.02. The van der Waals surface area contributed by atoms with Gasteiger partial charge in [-0.1, -0.05) is 65.8 Å². The fourth-order valence-electron chi connectivity index (χ4n) is 2.88. The van der Waals surface area contributed by atoms with Crippen LogP contribution >= 0.6 is 0 Å². The number of benzene rings is 1. The lowest BCUT2D eigenvalue weighted by Crippen LogP contribution is -2.21. The summed E-state index contributed by atoms with van der Waals surface area (Å²) in [5.74, 6) is 0. The van der Waals surface area contributed by atoms with E-state index in [4.69, 9.17) is 0 Å². The first-order valence-electron chi connectivity index (χ1n) is 8.89. The van der Waals surface area contributed by atoms with Gasteiger partial charge in [0.05, 0.1) is 12.6 Å². The van der Waals surface area contributed by atoms with E-state index in [0.29, 0.717) is 6.54 Å². The summed E-state index contributed by atoms with van der Waals surface area (Å²) in [6, 6.07) is 7.88. The zero-order chi connectivity index (χ0) is 18.8. The Morgan fingerprint density at radius 3 is 1.96 bits per heavy atom. The minimum atomic E-state index is -0.476. The molecule has 1 atom stereocenters. The number of aliphatic hydroxyl groups excluding tert-OH is 1. The Morgan fingerprint density at radius 1 is 1.04 bits per heavy atom. The maximum atomic E-state index is 10.2. The third-order valence-corrected chi connectivity index (χ3v) is 4.30. The molecule has 4 nitrogen and oxygen atoms in total. The molecule has 1 aromatic carbocycles. The molecule has 2 aromatic rings. The van der Waals surface area contributed by atoms with Gasteiger partial charge in [0.25, 0.3) is 0 Å². The van der Waals surface area contributed by atoms with Crippen LogP contribution in [0.2, 0.25) is 0 Å². The van der Waals surface area contributed by atoms with Crippen molar-refractivity contribution in [2.24, 2.45) is 10.8 Å². The van der Waals surface area contributed by atoms with Crippen LogP contribution in [0.15, 0.2) is 47.6 Å². The molecule has 1 N–H and O–H groups in total. The Kier molecular flexibility index (Phi) is 5.52. The molecule has 0 saturated carbocycles. The van der Waals surface area contributed by atoms with E-state index >= 15 is 0 Å². The molecule has 0 aliphatic carbocycles. The summed E-state index contributed by atoms with van der Waals surface area (Å²) in [7, 11) is 0. The number of aliphatic hydroxyl groups is 1. The van der Waals surface area contributed by atoms with E-state index in [0.717, 1.165) is 16.6 Å². The maximum Gasteiger partial charge on any atom is 0.113 e. The van der Waals surface area contributed by atoms with Gasteiger partial charge in [0.1, 0.15) is 11.0 Å². The number of hydrogen-bond donors (Lipinski definition) is 1. The highest BCUT2D eigenvalue weighted by Gasteiger charge is 2.24. The average Bonchev–Trinajstić information content (AvgIpc) is 2.86. The molecule has 0 fully saturated rings. The van der Waals surface area contributed by atoms with Gasteiger partial charge in [-0.05, 0) is 41.0 Å². The molecule has 0 bridgehead atoms. The van der Waals surface area contributed by atoms with Gasteiger partial charge in [0.15, 0.2) is 0 Å². The Morgan fingerprint density at radius 2 is 1.56 bits per heavy atom. The average molecular weight is 341 g/mol. The molecular weight excluding hydrogens is 310 g/mol. The van der Waals surface area contributed by atoms with Crippen molar-refractivity contribution in [3.05, 3.63) is 47.6 Å². The molecule has 0 aliphatic heterocycles. The minimum Gasteiger partial charge on any atom is -0.389 e. The second-order valence-electron chi connectivity index (χ2n) is 8.68. The lowest BCUT2D eigenvalue weighted by atomic mass is 9.78. The van der Waals surface area contributed by atoms with Crippen LogP contribution in [0.4, 0.5) is 0 Å². The van der Waals surface area contributed by atoms with Crippen LogP contribution in [-0.4, -0.2) is 26.2 Å². The van der Waals surface area contributed by atoms with Crippen LogP contribution in [0.5, 0.6) is 0 Å². The number of aromatic nitrogens is 3. The standard InChI is InChI=1S/C21H31N3O/c1-15(25)17(21(5,6)7)14-16(20(2,3)4)12-13-24-22-18-10-8-9-11-19(18)23-24/h8-12,14-15,25H,13H2,1-7H3/b16-12+,17-14+. The summed E-state index contributed by atoms with van der Waals surface area (Å²) < 4.78 is 0. The first-order valence-corrected chi connectivity index (χ1v) is 8.89. The van der Waals surface area contributed by atoms with Crippen molar-refractivity contribution in [2.75, 3.05) is 0 Å². The first kappa shape index (κ1) is 19.4. The smallest absolute Gasteiger partial charge is 0.113 e. The number of hydrogen-bond acceptors (Lipinski definition) is 3. The molecule has 0 saturated heterocycles. The Balaban J connectivity index is 2.38. The second-order valence-corrected chi connectivity index (χ2v) is 8.68. The molecule has 1 aromatic heterocycles. The van der Waals surface area contributed by atoms with Gasteiger partial charge in [-0.25, -0.2) is 0 Å². The summed E-state index contributed by atoms with van der Waals surface area (Å²) in [6.45, 7) is 15.4. The van der Waals surface area contributed by atoms with Crippen molar-refractivity contribution in [3.8, 4) is 0 Å². The normalized spacial score (nSPS) is 15.7. The van der Waals surface area contributed by atoms with Crippen molar-refractivity contribution in [2.45, 2.75) is 61.1 Å². The highest BCUT2D eigenvalue weighted by molar-refractivity contribution is 5.72. The van der Waals surface area contributed by atoms with Crippen molar-refractivity contribution < 1.29 is 5.11 Å². The molecule has 136 valence electrons. The molecule has 0 aliphatic rings. The fourth-order valence-corrected chi connectivity index (χ4v) is 2.88. The Hall–Kier alpha value is -1.94. The molecule has 0 amide bonds. The van der Waals surface area contributed by atoms with E-state index < -0.39 is 6.10 Å². The summed E-state index contributed by atoms with van der Waals surface area (Å²) in [6.07, 6.45) is 3.83. The monoisotopic (exact) mass is 341 g/mol. The van der Waals surface area contributed by atoms with Crippen molar-refractivity contribution >= 4 is 11.0 Å². The zero-order valence-corrected chi connectivity index (χ0v) is 16.5. The molecule has 25 heavy (non-hydrogen) atoms. The molecule has 1 unspecified atom stereocenters. The number of allylic oxidation sites excluding steroid dienone is 3. The third-order valence-electron chi connectivity index (χ3n) is 4.30. The van der Waals surface area contributed by atoms with E-state index in [1.165, 1.54) is 5.57 Å². The molecule has 2 rings (SSSR count). The molecule has 0 spiro atoms. The quantitative estimate of drug-likeness (QED) is 0.816. The summed E-state index contributed by atoms with van der Waals surface area (Å²) >= 11 is 0. The minimum absolute atomic E-state index is 0.0298. The van der Waals surface area contributed by atoms with Gasteiger partial charge in [0, 0.05) is 0 Å². The van der Waals surface area contributed by atoms with Crippen molar-refractivity contribution in [3.63, 3.8) is 0 Å². The van der Waals surface area contributed by atoms with Crippen molar-refractivity contribution in [1.29, 1.82) is 0 Å². The fraction of sp³-hybridized carbons (Fsp3) is 0.524. The van der Waals surface area contributed by atoms with Crippen LogP contribution < -0.4 is 0 Å². The second kappa shape index (κ2) is 7.12. The Bertz CT molecular complexity index is 750. The lowest BCUT2D eigenvalue weighted by molar-refractivity contribution is 0.203. The topological polar surface area (TPSA) is 50.9 Å². The molecule has 0 radical (unpaired) electrons. The van der Waals surface area contributed by atoms with Crippen LogP contribution in [0.25, 0.3) is 11.0 Å². The number of rotatable bonds is 4. The van der Waals surface area contributed by atoms with Gasteiger partial charge in [0.2, 0.25) is 0 Å². The van der Waals surface area contributed by atoms with Gasteiger partial charge in [-0.15, -0.1) is 0 Å². The van der Waals surface area contributed by atoms with Crippen LogP contribution in [0.1, 0.15) is 48.5 Å². The van der Waals surface area contributed by atoms with Gasteiger partial charge in [-0.3, -0.25) is 0 Å². The van der Waals surface area contributed by atoms with Crippen LogP contribution in [-0.2, 0) is 6.54 Å². The van der Waals surface area contributed by atoms with Crippen LogP contribution in [0.3, 0.4) is 0 Å². The summed E-state index contributed by atoms with van der Waals surface area (Å²) in [4.78, 5) is 1.73. The molecule has 1 heterocycles. The number of fused-ring (bicyclic) bond motifs is 1. The van der Waals surface area contributed by atoms with E-state index in [2.05, 4.69) is 63.9 Å². The molecule has 4 heteroatoms. The highest BCUT2D eigenvalue weighted by Crippen LogP contribution is 2.34. The first-order chi connectivity index (χ1) is 11.5. The van der Waals surface area contributed by atoms with E-state index in [1.807, 2.05) is 31.2 Å². The summed E-state index contributed by atoms with van der Waals surface area (Å²) in [5.41, 5.74) is 3.91. The van der Waals surface area contributed by atoms with E-state index in [9.17, 15) is 5.11 Å². The largest absolute Gasteiger partial charge is 0.389 e. The highest BCUT2D eigenvalue weighted by atomic mass is 16.3. The van der Waals surface area contributed by atoms with Crippen molar-refractivity contribution in [1.82, 2.24) is 15.0 Å². The Labute approximate surface area is 151 Å². The number of nitrogens with zero attached hydrogens (tertiary/aromatic N) is 3. The molecular formula is C21H31N3O. The SMILES string of the molecule is CC(O)/C(=C\C(=C/Cn1nc2ccccc2n1)C(C)(C)C)C(C)(C)C. The maximum absolute atomic E-state index is 10.2. The van der Waals surface area contributed by atoms with Gasteiger partial charge >= 0.3 is 0 Å².